The van der Waals surface area contributed by atoms with Crippen molar-refractivity contribution in [2.24, 2.45) is 0 Å². The summed E-state index contributed by atoms with van der Waals surface area (Å²) in [5, 5.41) is 2.91. The van der Waals surface area contributed by atoms with Crippen molar-refractivity contribution in [1.82, 2.24) is 5.32 Å². The highest BCUT2D eigenvalue weighted by molar-refractivity contribution is 7.90. The first-order chi connectivity index (χ1) is 12.9. The van der Waals surface area contributed by atoms with Crippen LogP contribution in [0.4, 0.5) is 0 Å². The second-order valence-corrected chi connectivity index (χ2v) is 8.76. The lowest BCUT2D eigenvalue weighted by atomic mass is 10.2. The molecule has 8 heteroatoms. The molecule has 0 aromatic heterocycles. The molecule has 0 saturated carbocycles. The number of benzene rings is 2. The Kier molecular flexibility index (Phi) is 6.23. The van der Waals surface area contributed by atoms with Crippen molar-refractivity contribution in [3.63, 3.8) is 0 Å². The molecular formula is C19H20ClNO5S. The summed E-state index contributed by atoms with van der Waals surface area (Å²) in [6.45, 7) is 0.990. The second-order valence-electron chi connectivity index (χ2n) is 6.17. The number of halogens is 1. The van der Waals surface area contributed by atoms with Crippen LogP contribution in [0.2, 0.25) is 5.02 Å². The van der Waals surface area contributed by atoms with Crippen LogP contribution in [0.15, 0.2) is 42.5 Å². The van der Waals surface area contributed by atoms with E-state index in [1.165, 1.54) is 6.07 Å². The van der Waals surface area contributed by atoms with Gasteiger partial charge in [0.25, 0.3) is 5.91 Å². The highest BCUT2D eigenvalue weighted by atomic mass is 35.5. The van der Waals surface area contributed by atoms with Crippen molar-refractivity contribution in [1.29, 1.82) is 0 Å². The van der Waals surface area contributed by atoms with Gasteiger partial charge < -0.3 is 14.8 Å². The van der Waals surface area contributed by atoms with E-state index in [0.29, 0.717) is 30.3 Å². The molecule has 0 fully saturated rings. The minimum absolute atomic E-state index is 0.0139. The van der Waals surface area contributed by atoms with Gasteiger partial charge in [0.2, 0.25) is 0 Å². The molecule has 27 heavy (non-hydrogen) atoms. The molecule has 6 nitrogen and oxygen atoms in total. The van der Waals surface area contributed by atoms with Crippen LogP contribution in [-0.4, -0.2) is 39.8 Å². The molecule has 0 unspecified atom stereocenters. The molecule has 144 valence electrons. The zero-order valence-corrected chi connectivity index (χ0v) is 16.2. The van der Waals surface area contributed by atoms with E-state index in [4.69, 9.17) is 21.1 Å². The van der Waals surface area contributed by atoms with Crippen LogP contribution in [0.25, 0.3) is 0 Å². The number of hydrogen-bond acceptors (Lipinski definition) is 5. The first-order valence-corrected chi connectivity index (χ1v) is 10.8. The summed E-state index contributed by atoms with van der Waals surface area (Å²) in [5.41, 5.74) is 1.02. The molecular weight excluding hydrogens is 390 g/mol. The SMILES string of the molecule is O=C(NCCS(=O)(=O)Cc1ccccc1)c1cc(Cl)c2c(c1)OCCCO2. The van der Waals surface area contributed by atoms with Crippen molar-refractivity contribution in [2.45, 2.75) is 12.2 Å². The summed E-state index contributed by atoms with van der Waals surface area (Å²) < 4.78 is 35.5. The van der Waals surface area contributed by atoms with E-state index in [0.717, 1.165) is 12.0 Å². The predicted molar refractivity (Wildman–Crippen MR) is 103 cm³/mol. The third kappa shape index (κ3) is 5.37. The summed E-state index contributed by atoms with van der Waals surface area (Å²) in [6.07, 6.45) is 0.728. The van der Waals surface area contributed by atoms with E-state index >= 15 is 0 Å². The van der Waals surface area contributed by atoms with Gasteiger partial charge >= 0.3 is 0 Å². The molecule has 0 spiro atoms. The second kappa shape index (κ2) is 8.63. The highest BCUT2D eigenvalue weighted by Crippen LogP contribution is 2.37. The van der Waals surface area contributed by atoms with Gasteiger partial charge in [0, 0.05) is 18.5 Å². The van der Waals surface area contributed by atoms with E-state index in [1.807, 2.05) is 6.07 Å². The van der Waals surface area contributed by atoms with Crippen molar-refractivity contribution >= 4 is 27.3 Å². The third-order valence-corrected chi connectivity index (χ3v) is 5.87. The fourth-order valence-corrected chi connectivity index (χ4v) is 4.21. The molecule has 1 aliphatic heterocycles. The maximum absolute atomic E-state index is 12.4. The number of hydrogen-bond donors (Lipinski definition) is 1. The summed E-state index contributed by atoms with van der Waals surface area (Å²) in [5.74, 6) is 0.228. The Bertz CT molecular complexity index is 915. The average Bonchev–Trinajstić information content (AvgIpc) is 2.87. The molecule has 0 atom stereocenters. The Morgan fingerprint density at radius 3 is 2.63 bits per heavy atom. The fourth-order valence-electron chi connectivity index (χ4n) is 2.68. The van der Waals surface area contributed by atoms with E-state index in [2.05, 4.69) is 5.32 Å². The standard InChI is InChI=1S/C19H20ClNO5S/c20-16-11-15(12-17-18(16)26-9-4-8-25-17)19(22)21-7-10-27(23,24)13-14-5-2-1-3-6-14/h1-3,5-6,11-12H,4,7-10,13H2,(H,21,22). The molecule has 1 heterocycles. The number of rotatable bonds is 6. The van der Waals surface area contributed by atoms with Gasteiger partial charge in [-0.1, -0.05) is 41.9 Å². The minimum Gasteiger partial charge on any atom is -0.489 e. The van der Waals surface area contributed by atoms with Crippen LogP contribution in [0.5, 0.6) is 11.5 Å². The fraction of sp³-hybridized carbons (Fsp3) is 0.316. The summed E-state index contributed by atoms with van der Waals surface area (Å²) in [6, 6.07) is 12.0. The Balaban J connectivity index is 1.59. The maximum Gasteiger partial charge on any atom is 0.251 e. The zero-order valence-electron chi connectivity index (χ0n) is 14.6. The minimum atomic E-state index is -3.33. The number of nitrogens with one attached hydrogen (secondary N) is 1. The van der Waals surface area contributed by atoms with Crippen LogP contribution in [0.1, 0.15) is 22.3 Å². The van der Waals surface area contributed by atoms with Crippen LogP contribution in [0.3, 0.4) is 0 Å². The number of carbonyl (C=O) groups is 1. The highest BCUT2D eigenvalue weighted by Gasteiger charge is 2.19. The summed E-state index contributed by atoms with van der Waals surface area (Å²) in [7, 11) is -3.33. The normalized spacial score (nSPS) is 13.7. The molecule has 2 aromatic rings. The van der Waals surface area contributed by atoms with Gasteiger partial charge in [-0.05, 0) is 17.7 Å². The molecule has 3 rings (SSSR count). The molecule has 1 aliphatic rings. The van der Waals surface area contributed by atoms with E-state index in [-0.39, 0.29) is 23.1 Å². The van der Waals surface area contributed by atoms with E-state index < -0.39 is 15.7 Å². The number of amides is 1. The van der Waals surface area contributed by atoms with Crippen LogP contribution in [0, 0.1) is 0 Å². The van der Waals surface area contributed by atoms with Crippen molar-refractivity contribution in [3.05, 3.63) is 58.6 Å². The average molecular weight is 410 g/mol. The molecule has 0 aliphatic carbocycles. The quantitative estimate of drug-likeness (QED) is 0.793. The van der Waals surface area contributed by atoms with Crippen LogP contribution in [-0.2, 0) is 15.6 Å². The third-order valence-electron chi connectivity index (χ3n) is 3.99. The smallest absolute Gasteiger partial charge is 0.251 e. The van der Waals surface area contributed by atoms with Gasteiger partial charge in [-0.15, -0.1) is 0 Å². The molecule has 2 aromatic carbocycles. The Labute approximate surface area is 163 Å². The largest absolute Gasteiger partial charge is 0.489 e. The lowest BCUT2D eigenvalue weighted by molar-refractivity contribution is 0.0955. The molecule has 0 radical (unpaired) electrons. The lowest BCUT2D eigenvalue weighted by Gasteiger charge is -2.12. The topological polar surface area (TPSA) is 81.7 Å². The summed E-state index contributed by atoms with van der Waals surface area (Å²) >= 11 is 6.18. The number of carbonyl (C=O) groups excluding carboxylic acids is 1. The summed E-state index contributed by atoms with van der Waals surface area (Å²) in [4.78, 5) is 12.4. The van der Waals surface area contributed by atoms with Gasteiger partial charge in [-0.3, -0.25) is 4.79 Å². The van der Waals surface area contributed by atoms with Gasteiger partial charge in [-0.25, -0.2) is 8.42 Å². The van der Waals surface area contributed by atoms with Gasteiger partial charge in [0.05, 0.1) is 29.7 Å². The van der Waals surface area contributed by atoms with E-state index in [1.54, 1.807) is 30.3 Å². The molecule has 1 N–H and O–H groups in total. The van der Waals surface area contributed by atoms with Crippen LogP contribution < -0.4 is 14.8 Å². The predicted octanol–water partition coefficient (Wildman–Crippen LogP) is 2.85. The first-order valence-electron chi connectivity index (χ1n) is 8.56. The maximum atomic E-state index is 12.4. The first kappa shape index (κ1) is 19.5. The van der Waals surface area contributed by atoms with E-state index in [9.17, 15) is 13.2 Å². The lowest BCUT2D eigenvalue weighted by Crippen LogP contribution is -2.29. The van der Waals surface area contributed by atoms with Crippen molar-refractivity contribution in [2.75, 3.05) is 25.5 Å². The molecule has 0 bridgehead atoms. The molecule has 0 saturated heterocycles. The van der Waals surface area contributed by atoms with Crippen molar-refractivity contribution in [3.8, 4) is 11.5 Å². The zero-order chi connectivity index (χ0) is 19.3. The van der Waals surface area contributed by atoms with Gasteiger partial charge in [0.15, 0.2) is 21.3 Å². The van der Waals surface area contributed by atoms with Gasteiger partial charge in [-0.2, -0.15) is 0 Å². The van der Waals surface area contributed by atoms with Crippen LogP contribution >= 0.6 is 11.6 Å². The number of ether oxygens (including phenoxy) is 2. The Morgan fingerprint density at radius 2 is 1.85 bits per heavy atom. The number of fused-ring (bicyclic) bond motifs is 1. The van der Waals surface area contributed by atoms with Crippen molar-refractivity contribution < 1.29 is 22.7 Å². The Morgan fingerprint density at radius 1 is 1.11 bits per heavy atom. The Hall–Kier alpha value is -2.25. The van der Waals surface area contributed by atoms with Gasteiger partial charge in [0.1, 0.15) is 0 Å². The molecule has 1 amide bonds. The number of sulfone groups is 1. The monoisotopic (exact) mass is 409 g/mol.